The number of nitrogens with zero attached hydrogens (tertiary/aromatic N) is 1. The lowest BCUT2D eigenvalue weighted by Gasteiger charge is -2.13. The minimum absolute atomic E-state index is 0.207. The summed E-state index contributed by atoms with van der Waals surface area (Å²) < 4.78 is 2.32. The summed E-state index contributed by atoms with van der Waals surface area (Å²) in [5.74, 6) is -0.182. The van der Waals surface area contributed by atoms with E-state index < -0.39 is 0 Å². The number of phenols is 1. The van der Waals surface area contributed by atoms with Gasteiger partial charge < -0.3 is 15.4 Å². The summed E-state index contributed by atoms with van der Waals surface area (Å²) in [6.45, 7) is 7.37. The first-order valence-electron chi connectivity index (χ1n) is 12.3. The molecule has 0 bridgehead atoms. The molecule has 1 aromatic carbocycles. The molecule has 0 unspecified atom stereocenters. The van der Waals surface area contributed by atoms with E-state index in [2.05, 4.69) is 18.4 Å². The zero-order valence-corrected chi connectivity index (χ0v) is 19.9. The normalized spacial score (nSPS) is 11.2. The molecule has 0 fully saturated rings. The van der Waals surface area contributed by atoms with Crippen molar-refractivity contribution in [3.05, 3.63) is 41.2 Å². The number of phenolic OH excluding ortho intramolecular Hbond substituents is 1. The number of nitrogens with two attached hydrogens (primary N) is 1. The Morgan fingerprint density at radius 1 is 0.935 bits per heavy atom. The van der Waals surface area contributed by atoms with E-state index in [-0.39, 0.29) is 11.7 Å². The quantitative estimate of drug-likeness (QED) is 0.297. The summed E-state index contributed by atoms with van der Waals surface area (Å²) >= 11 is 0. The lowest BCUT2D eigenvalue weighted by molar-refractivity contribution is 0.1000. The van der Waals surface area contributed by atoms with Gasteiger partial charge in [0.05, 0.1) is 5.56 Å². The monoisotopic (exact) mass is 426 g/mol. The van der Waals surface area contributed by atoms with Gasteiger partial charge in [0, 0.05) is 23.5 Å². The van der Waals surface area contributed by atoms with Gasteiger partial charge in [-0.15, -0.1) is 0 Å². The maximum Gasteiger partial charge on any atom is 0.251 e. The third-order valence-corrected chi connectivity index (χ3v) is 6.26. The van der Waals surface area contributed by atoms with Crippen molar-refractivity contribution in [2.75, 3.05) is 0 Å². The van der Waals surface area contributed by atoms with Crippen molar-refractivity contribution in [3.63, 3.8) is 0 Å². The van der Waals surface area contributed by atoms with E-state index in [1.807, 2.05) is 19.1 Å². The standard InChI is InChI=1S/C27H42N2O2/c1-4-6-8-9-10-11-12-13-14-19-29-21(3)25(27(28)31)26(24(29)18-7-5-2)22-16-15-17-23(30)20-22/h15-17,20,30H,4-14,18-19H2,1-3H3,(H2,28,31). The molecule has 2 rings (SSSR count). The van der Waals surface area contributed by atoms with Gasteiger partial charge in [-0.2, -0.15) is 0 Å². The highest BCUT2D eigenvalue weighted by molar-refractivity contribution is 6.02. The van der Waals surface area contributed by atoms with Crippen molar-refractivity contribution >= 4 is 5.91 Å². The van der Waals surface area contributed by atoms with Crippen LogP contribution in [0.5, 0.6) is 5.75 Å². The smallest absolute Gasteiger partial charge is 0.251 e. The number of unbranched alkanes of at least 4 members (excludes halogenated alkanes) is 9. The second kappa shape index (κ2) is 13.2. The molecule has 3 N–H and O–H groups in total. The predicted octanol–water partition coefficient (Wildman–Crippen LogP) is 7.14. The maximum atomic E-state index is 12.4. The molecule has 1 amide bonds. The summed E-state index contributed by atoms with van der Waals surface area (Å²) in [5.41, 5.74) is 10.3. The van der Waals surface area contributed by atoms with E-state index >= 15 is 0 Å². The van der Waals surface area contributed by atoms with Crippen molar-refractivity contribution in [2.24, 2.45) is 5.73 Å². The van der Waals surface area contributed by atoms with Crippen LogP contribution in [0.2, 0.25) is 0 Å². The third-order valence-electron chi connectivity index (χ3n) is 6.26. The molecule has 0 radical (unpaired) electrons. The Balaban J connectivity index is 2.16. The fourth-order valence-electron chi connectivity index (χ4n) is 4.56. The highest BCUT2D eigenvalue weighted by Gasteiger charge is 2.24. The average molecular weight is 427 g/mol. The Labute approximate surface area is 188 Å². The van der Waals surface area contributed by atoms with E-state index in [9.17, 15) is 9.90 Å². The van der Waals surface area contributed by atoms with Gasteiger partial charge >= 0.3 is 0 Å². The maximum absolute atomic E-state index is 12.4. The second-order valence-electron chi connectivity index (χ2n) is 8.78. The summed E-state index contributed by atoms with van der Waals surface area (Å²) in [6, 6.07) is 7.18. The molecule has 4 heteroatoms. The number of aromatic hydroxyl groups is 1. The van der Waals surface area contributed by atoms with Gasteiger partial charge in [0.25, 0.3) is 5.91 Å². The Hall–Kier alpha value is -2.23. The number of rotatable bonds is 15. The number of carbonyl (C=O) groups excluding carboxylic acids is 1. The lowest BCUT2D eigenvalue weighted by atomic mass is 9.97. The molecule has 172 valence electrons. The molecule has 0 aliphatic rings. The van der Waals surface area contributed by atoms with Crippen LogP contribution in [0.1, 0.15) is 106 Å². The zero-order chi connectivity index (χ0) is 22.6. The fraction of sp³-hybridized carbons (Fsp3) is 0.593. The summed E-state index contributed by atoms with van der Waals surface area (Å²) in [5, 5.41) is 10.0. The molecule has 1 heterocycles. The van der Waals surface area contributed by atoms with Gasteiger partial charge in [-0.1, -0.05) is 83.8 Å². The van der Waals surface area contributed by atoms with Crippen molar-refractivity contribution in [3.8, 4) is 16.9 Å². The molecular weight excluding hydrogens is 384 g/mol. The first kappa shape index (κ1) is 25.0. The molecule has 0 saturated heterocycles. The number of primary amides is 1. The summed E-state index contributed by atoms with van der Waals surface area (Å²) in [4.78, 5) is 12.4. The van der Waals surface area contributed by atoms with E-state index in [0.717, 1.165) is 49.0 Å². The molecule has 4 nitrogen and oxygen atoms in total. The van der Waals surface area contributed by atoms with Crippen LogP contribution in [0.15, 0.2) is 24.3 Å². The first-order chi connectivity index (χ1) is 15.0. The van der Waals surface area contributed by atoms with E-state index in [0.29, 0.717) is 5.56 Å². The van der Waals surface area contributed by atoms with Gasteiger partial charge in [0.1, 0.15) is 5.75 Å². The Morgan fingerprint density at radius 3 is 2.13 bits per heavy atom. The molecule has 0 spiro atoms. The molecule has 1 aromatic heterocycles. The Kier molecular flexibility index (Phi) is 10.7. The Morgan fingerprint density at radius 2 is 1.55 bits per heavy atom. The highest BCUT2D eigenvalue weighted by Crippen LogP contribution is 2.35. The van der Waals surface area contributed by atoms with Crippen molar-refractivity contribution in [2.45, 2.75) is 104 Å². The largest absolute Gasteiger partial charge is 0.508 e. The minimum Gasteiger partial charge on any atom is -0.508 e. The average Bonchev–Trinajstić information content (AvgIpc) is 3.02. The van der Waals surface area contributed by atoms with Crippen molar-refractivity contribution < 1.29 is 9.90 Å². The van der Waals surface area contributed by atoms with Crippen LogP contribution in [0.25, 0.3) is 11.1 Å². The second-order valence-corrected chi connectivity index (χ2v) is 8.78. The van der Waals surface area contributed by atoms with Crippen LogP contribution in [-0.4, -0.2) is 15.6 Å². The van der Waals surface area contributed by atoms with Crippen LogP contribution >= 0.6 is 0 Å². The van der Waals surface area contributed by atoms with Gasteiger partial charge in [-0.3, -0.25) is 4.79 Å². The number of hydrogen-bond acceptors (Lipinski definition) is 2. The molecular formula is C27H42N2O2. The molecule has 2 aromatic rings. The minimum atomic E-state index is -0.389. The van der Waals surface area contributed by atoms with Gasteiger partial charge in [-0.05, 0) is 43.9 Å². The van der Waals surface area contributed by atoms with Crippen LogP contribution in [-0.2, 0) is 13.0 Å². The number of carbonyl (C=O) groups is 1. The number of aromatic nitrogens is 1. The van der Waals surface area contributed by atoms with Crippen LogP contribution in [0, 0.1) is 6.92 Å². The number of hydrogen-bond donors (Lipinski definition) is 2. The summed E-state index contributed by atoms with van der Waals surface area (Å²) in [7, 11) is 0. The van der Waals surface area contributed by atoms with E-state index in [4.69, 9.17) is 5.73 Å². The van der Waals surface area contributed by atoms with Crippen molar-refractivity contribution in [1.82, 2.24) is 4.57 Å². The van der Waals surface area contributed by atoms with Crippen LogP contribution in [0.3, 0.4) is 0 Å². The highest BCUT2D eigenvalue weighted by atomic mass is 16.3. The molecule has 31 heavy (non-hydrogen) atoms. The molecule has 0 atom stereocenters. The molecule has 0 aliphatic carbocycles. The van der Waals surface area contributed by atoms with Crippen molar-refractivity contribution in [1.29, 1.82) is 0 Å². The van der Waals surface area contributed by atoms with Crippen LogP contribution in [0.4, 0.5) is 0 Å². The zero-order valence-electron chi connectivity index (χ0n) is 19.9. The molecule has 0 saturated carbocycles. The van der Waals surface area contributed by atoms with Gasteiger partial charge in [-0.25, -0.2) is 0 Å². The fourth-order valence-corrected chi connectivity index (χ4v) is 4.56. The van der Waals surface area contributed by atoms with E-state index in [1.165, 1.54) is 57.1 Å². The number of benzene rings is 1. The third kappa shape index (κ3) is 7.15. The Bertz CT molecular complexity index is 823. The first-order valence-corrected chi connectivity index (χ1v) is 12.3. The van der Waals surface area contributed by atoms with Gasteiger partial charge in [0.15, 0.2) is 0 Å². The SMILES string of the molecule is CCCCCCCCCCCn1c(C)c(C(N)=O)c(-c2cccc(O)c2)c1CCCC. The van der Waals surface area contributed by atoms with Gasteiger partial charge in [0.2, 0.25) is 0 Å². The van der Waals surface area contributed by atoms with Crippen LogP contribution < -0.4 is 5.73 Å². The molecule has 0 aliphatic heterocycles. The topological polar surface area (TPSA) is 68.2 Å². The summed E-state index contributed by atoms with van der Waals surface area (Å²) in [6.07, 6.45) is 14.7. The lowest BCUT2D eigenvalue weighted by Crippen LogP contribution is -2.13. The predicted molar refractivity (Wildman–Crippen MR) is 131 cm³/mol. The number of amides is 1. The van der Waals surface area contributed by atoms with E-state index in [1.54, 1.807) is 12.1 Å².